The second-order valence-corrected chi connectivity index (χ2v) is 5.48. The molecule has 0 spiro atoms. The number of para-hydroxylation sites is 1. The number of aliphatic hydroxyl groups excluding tert-OH is 1. The standard InChI is InChI=1S/C18H21NO3/c1-12(2)14-8-5-6-10-16(14)22-11-13-7-3-4-9-15(13)17(20)18(19)21/h3-10,12,17,20H,11H2,1-2H3,(H2,19,21). The van der Waals surface area contributed by atoms with Gasteiger partial charge in [0, 0.05) is 0 Å². The van der Waals surface area contributed by atoms with E-state index < -0.39 is 12.0 Å². The van der Waals surface area contributed by atoms with E-state index in [-0.39, 0.29) is 6.61 Å². The van der Waals surface area contributed by atoms with Gasteiger partial charge in [0.05, 0.1) is 0 Å². The Morgan fingerprint density at radius 2 is 1.68 bits per heavy atom. The van der Waals surface area contributed by atoms with Crippen LogP contribution in [0.25, 0.3) is 0 Å². The first-order valence-corrected chi connectivity index (χ1v) is 7.27. The number of nitrogens with two attached hydrogens (primary N) is 1. The van der Waals surface area contributed by atoms with E-state index in [1.165, 1.54) is 0 Å². The SMILES string of the molecule is CC(C)c1ccccc1OCc1ccccc1C(O)C(N)=O. The third kappa shape index (κ3) is 3.65. The Morgan fingerprint density at radius 3 is 2.32 bits per heavy atom. The van der Waals surface area contributed by atoms with Crippen molar-refractivity contribution in [2.75, 3.05) is 0 Å². The van der Waals surface area contributed by atoms with E-state index in [1.807, 2.05) is 36.4 Å². The zero-order valence-corrected chi connectivity index (χ0v) is 12.8. The number of primary amides is 1. The molecule has 0 fully saturated rings. The molecule has 0 saturated heterocycles. The second-order valence-electron chi connectivity index (χ2n) is 5.48. The number of carbonyl (C=O) groups is 1. The van der Waals surface area contributed by atoms with Crippen LogP contribution in [0.1, 0.15) is 42.6 Å². The fraction of sp³-hybridized carbons (Fsp3) is 0.278. The highest BCUT2D eigenvalue weighted by Gasteiger charge is 2.17. The maximum Gasteiger partial charge on any atom is 0.250 e. The molecule has 0 saturated carbocycles. The van der Waals surface area contributed by atoms with Crippen molar-refractivity contribution >= 4 is 5.91 Å². The quantitative estimate of drug-likeness (QED) is 0.861. The van der Waals surface area contributed by atoms with E-state index in [2.05, 4.69) is 13.8 Å². The molecule has 4 heteroatoms. The lowest BCUT2D eigenvalue weighted by atomic mass is 10.0. The van der Waals surface area contributed by atoms with E-state index in [1.54, 1.807) is 12.1 Å². The molecule has 116 valence electrons. The maximum absolute atomic E-state index is 11.2. The highest BCUT2D eigenvalue weighted by atomic mass is 16.5. The smallest absolute Gasteiger partial charge is 0.250 e. The van der Waals surface area contributed by atoms with Crippen molar-refractivity contribution in [3.8, 4) is 5.75 Å². The largest absolute Gasteiger partial charge is 0.489 e. The zero-order chi connectivity index (χ0) is 16.1. The van der Waals surface area contributed by atoms with Crippen LogP contribution in [-0.4, -0.2) is 11.0 Å². The van der Waals surface area contributed by atoms with Crippen molar-refractivity contribution in [3.05, 3.63) is 65.2 Å². The predicted octanol–water partition coefficient (Wildman–Crippen LogP) is 2.91. The summed E-state index contributed by atoms with van der Waals surface area (Å²) in [7, 11) is 0. The Hall–Kier alpha value is -2.33. The molecule has 2 aromatic carbocycles. The number of hydrogen-bond donors (Lipinski definition) is 2. The van der Waals surface area contributed by atoms with Gasteiger partial charge in [-0.2, -0.15) is 0 Å². The Labute approximate surface area is 130 Å². The van der Waals surface area contributed by atoms with Crippen LogP contribution in [0.5, 0.6) is 5.75 Å². The zero-order valence-electron chi connectivity index (χ0n) is 12.8. The molecule has 4 nitrogen and oxygen atoms in total. The first-order chi connectivity index (χ1) is 10.5. The van der Waals surface area contributed by atoms with Crippen molar-refractivity contribution in [3.63, 3.8) is 0 Å². The van der Waals surface area contributed by atoms with Gasteiger partial charge in [0.15, 0.2) is 6.10 Å². The number of benzene rings is 2. The molecule has 0 aliphatic rings. The minimum atomic E-state index is -1.32. The summed E-state index contributed by atoms with van der Waals surface area (Å²) in [5, 5.41) is 9.89. The average molecular weight is 299 g/mol. The first-order valence-electron chi connectivity index (χ1n) is 7.27. The fourth-order valence-electron chi connectivity index (χ4n) is 2.33. The number of rotatable bonds is 6. The van der Waals surface area contributed by atoms with Gasteiger partial charge in [0.25, 0.3) is 5.91 Å². The molecule has 0 aliphatic carbocycles. The maximum atomic E-state index is 11.2. The van der Waals surface area contributed by atoms with Crippen LogP contribution in [0.15, 0.2) is 48.5 Å². The van der Waals surface area contributed by atoms with E-state index in [9.17, 15) is 9.90 Å². The van der Waals surface area contributed by atoms with Gasteiger partial charge in [0.1, 0.15) is 12.4 Å². The summed E-state index contributed by atoms with van der Waals surface area (Å²) >= 11 is 0. The molecule has 22 heavy (non-hydrogen) atoms. The molecule has 0 aromatic heterocycles. The van der Waals surface area contributed by atoms with Crippen molar-refractivity contribution in [2.24, 2.45) is 5.73 Å². The summed E-state index contributed by atoms with van der Waals surface area (Å²) < 4.78 is 5.89. The van der Waals surface area contributed by atoms with Gasteiger partial charge in [-0.05, 0) is 28.7 Å². The average Bonchev–Trinajstić information content (AvgIpc) is 2.52. The highest BCUT2D eigenvalue weighted by Crippen LogP contribution is 2.27. The van der Waals surface area contributed by atoms with Gasteiger partial charge < -0.3 is 15.6 Å². The Balaban J connectivity index is 2.21. The van der Waals surface area contributed by atoms with Crippen LogP contribution in [-0.2, 0) is 11.4 Å². The van der Waals surface area contributed by atoms with Crippen LogP contribution in [0.3, 0.4) is 0 Å². The van der Waals surface area contributed by atoms with Crippen molar-refractivity contribution in [2.45, 2.75) is 32.5 Å². The van der Waals surface area contributed by atoms with Crippen molar-refractivity contribution < 1.29 is 14.6 Å². The third-order valence-corrected chi connectivity index (χ3v) is 3.54. The number of hydrogen-bond acceptors (Lipinski definition) is 3. The van der Waals surface area contributed by atoms with Gasteiger partial charge in [-0.1, -0.05) is 56.3 Å². The van der Waals surface area contributed by atoms with Crippen LogP contribution >= 0.6 is 0 Å². The Morgan fingerprint density at radius 1 is 1.09 bits per heavy atom. The highest BCUT2D eigenvalue weighted by molar-refractivity contribution is 5.80. The molecule has 2 rings (SSSR count). The molecule has 0 radical (unpaired) electrons. The van der Waals surface area contributed by atoms with Gasteiger partial charge in [0.2, 0.25) is 0 Å². The monoisotopic (exact) mass is 299 g/mol. The van der Waals surface area contributed by atoms with Crippen LogP contribution in [0, 0.1) is 0 Å². The summed E-state index contributed by atoms with van der Waals surface area (Å²) in [5.74, 6) is 0.388. The molecule has 0 bridgehead atoms. The minimum Gasteiger partial charge on any atom is -0.489 e. The molecule has 2 aromatic rings. The number of amides is 1. The predicted molar refractivity (Wildman–Crippen MR) is 85.5 cm³/mol. The van der Waals surface area contributed by atoms with Crippen LogP contribution < -0.4 is 10.5 Å². The molecule has 0 aliphatic heterocycles. The molecule has 0 heterocycles. The van der Waals surface area contributed by atoms with Gasteiger partial charge in [-0.25, -0.2) is 0 Å². The molecular formula is C18H21NO3. The van der Waals surface area contributed by atoms with Crippen molar-refractivity contribution in [1.82, 2.24) is 0 Å². The molecule has 1 amide bonds. The number of aliphatic hydroxyl groups is 1. The summed E-state index contributed by atoms with van der Waals surface area (Å²) in [5.41, 5.74) is 7.53. The normalized spacial score (nSPS) is 12.2. The molecule has 1 unspecified atom stereocenters. The lowest BCUT2D eigenvalue weighted by molar-refractivity contribution is -0.126. The van der Waals surface area contributed by atoms with Gasteiger partial charge in [-0.15, -0.1) is 0 Å². The third-order valence-electron chi connectivity index (χ3n) is 3.54. The van der Waals surface area contributed by atoms with Crippen LogP contribution in [0.2, 0.25) is 0 Å². The lowest BCUT2D eigenvalue weighted by Gasteiger charge is -2.16. The van der Waals surface area contributed by atoms with E-state index >= 15 is 0 Å². The fourth-order valence-corrected chi connectivity index (χ4v) is 2.33. The van der Waals surface area contributed by atoms with E-state index in [0.29, 0.717) is 11.5 Å². The Kier molecular flexibility index (Phi) is 5.17. The lowest BCUT2D eigenvalue weighted by Crippen LogP contribution is -2.22. The van der Waals surface area contributed by atoms with Gasteiger partial charge in [-0.3, -0.25) is 4.79 Å². The molecule has 3 N–H and O–H groups in total. The molecular weight excluding hydrogens is 278 g/mol. The number of carbonyl (C=O) groups excluding carboxylic acids is 1. The Bertz CT molecular complexity index is 652. The first kappa shape index (κ1) is 16.0. The van der Waals surface area contributed by atoms with Crippen molar-refractivity contribution in [1.29, 1.82) is 0 Å². The van der Waals surface area contributed by atoms with E-state index in [4.69, 9.17) is 10.5 Å². The number of ether oxygens (including phenoxy) is 1. The topological polar surface area (TPSA) is 72.6 Å². The summed E-state index contributed by atoms with van der Waals surface area (Å²) in [4.78, 5) is 11.2. The van der Waals surface area contributed by atoms with Crippen LogP contribution in [0.4, 0.5) is 0 Å². The summed E-state index contributed by atoms with van der Waals surface area (Å²) in [6.45, 7) is 4.48. The minimum absolute atomic E-state index is 0.268. The molecule has 1 atom stereocenters. The van der Waals surface area contributed by atoms with Gasteiger partial charge >= 0.3 is 0 Å². The summed E-state index contributed by atoms with van der Waals surface area (Å²) in [6, 6.07) is 14.9. The van der Waals surface area contributed by atoms with E-state index in [0.717, 1.165) is 16.9 Å². The summed E-state index contributed by atoms with van der Waals surface area (Å²) in [6.07, 6.45) is -1.32. The second kappa shape index (κ2) is 7.09.